The summed E-state index contributed by atoms with van der Waals surface area (Å²) in [6.07, 6.45) is 1.47. The predicted molar refractivity (Wildman–Crippen MR) is 91.7 cm³/mol. The number of carbonyl (C=O) groups is 2. The van der Waals surface area contributed by atoms with Crippen molar-refractivity contribution in [1.82, 2.24) is 4.90 Å². The fourth-order valence-corrected chi connectivity index (χ4v) is 3.20. The van der Waals surface area contributed by atoms with E-state index >= 15 is 0 Å². The van der Waals surface area contributed by atoms with Crippen molar-refractivity contribution in [3.05, 3.63) is 28.2 Å². The molecule has 1 saturated heterocycles. The first-order chi connectivity index (χ1) is 10.4. The molecule has 0 atom stereocenters. The largest absolute Gasteiger partial charge is 0.342 e. The van der Waals surface area contributed by atoms with Gasteiger partial charge in [-0.1, -0.05) is 29.8 Å². The molecule has 0 aromatic heterocycles. The molecular weight excluding hydrogens is 344 g/mol. The lowest BCUT2D eigenvalue weighted by molar-refractivity contribution is -0.137. The molecule has 4 nitrogen and oxygen atoms in total. The number of amides is 2. The standard InChI is InChI=1S/C17H23BrN2O2/c1-11(2)17(22)20-8-6-13(7-9-20)16(21)19-15-5-4-14(18)10-12(15)3/h4-5,10-11,13H,6-9H2,1-3H3,(H,19,21). The summed E-state index contributed by atoms with van der Waals surface area (Å²) in [4.78, 5) is 26.2. The maximum absolute atomic E-state index is 12.4. The average Bonchev–Trinajstić information content (AvgIpc) is 2.49. The average molecular weight is 367 g/mol. The molecule has 0 spiro atoms. The predicted octanol–water partition coefficient (Wildman–Crippen LogP) is 3.59. The van der Waals surface area contributed by atoms with Crippen LogP contribution in [0.5, 0.6) is 0 Å². The molecule has 2 amide bonds. The Bertz CT molecular complexity index is 564. The van der Waals surface area contributed by atoms with Crippen molar-refractivity contribution < 1.29 is 9.59 Å². The first-order valence-corrected chi connectivity index (χ1v) is 8.53. The Labute approximate surface area is 140 Å². The van der Waals surface area contributed by atoms with Gasteiger partial charge in [0.1, 0.15) is 0 Å². The molecule has 1 heterocycles. The summed E-state index contributed by atoms with van der Waals surface area (Å²) in [5.41, 5.74) is 1.89. The number of carbonyl (C=O) groups excluding carboxylic acids is 2. The lowest BCUT2D eigenvalue weighted by Crippen LogP contribution is -2.43. The van der Waals surface area contributed by atoms with E-state index in [0.717, 1.165) is 28.6 Å². The molecule has 1 aliphatic rings. The van der Waals surface area contributed by atoms with Crippen molar-refractivity contribution in [3.8, 4) is 0 Å². The van der Waals surface area contributed by atoms with Gasteiger partial charge in [-0.15, -0.1) is 0 Å². The van der Waals surface area contributed by atoms with E-state index in [2.05, 4.69) is 21.2 Å². The lowest BCUT2D eigenvalue weighted by atomic mass is 9.95. The van der Waals surface area contributed by atoms with E-state index in [1.165, 1.54) is 0 Å². The highest BCUT2D eigenvalue weighted by Gasteiger charge is 2.28. The molecule has 1 aliphatic heterocycles. The summed E-state index contributed by atoms with van der Waals surface area (Å²) in [6.45, 7) is 7.15. The van der Waals surface area contributed by atoms with Gasteiger partial charge in [0.05, 0.1) is 0 Å². The maximum Gasteiger partial charge on any atom is 0.227 e. The minimum Gasteiger partial charge on any atom is -0.342 e. The van der Waals surface area contributed by atoms with Gasteiger partial charge < -0.3 is 10.2 Å². The van der Waals surface area contributed by atoms with E-state index in [0.29, 0.717) is 13.1 Å². The SMILES string of the molecule is Cc1cc(Br)ccc1NC(=O)C1CCN(C(=O)C(C)C)CC1. The second-order valence-electron chi connectivity index (χ2n) is 6.20. The molecule has 0 saturated carbocycles. The quantitative estimate of drug-likeness (QED) is 0.888. The summed E-state index contributed by atoms with van der Waals surface area (Å²) < 4.78 is 1.00. The number of likely N-dealkylation sites (tertiary alicyclic amines) is 1. The van der Waals surface area contributed by atoms with Gasteiger partial charge in [-0.3, -0.25) is 9.59 Å². The summed E-state index contributed by atoms with van der Waals surface area (Å²) in [6, 6.07) is 5.82. The molecule has 1 fully saturated rings. The number of anilines is 1. The third kappa shape index (κ3) is 4.09. The summed E-state index contributed by atoms with van der Waals surface area (Å²) in [7, 11) is 0. The number of aryl methyl sites for hydroxylation is 1. The van der Waals surface area contributed by atoms with Crippen LogP contribution in [0.3, 0.4) is 0 Å². The van der Waals surface area contributed by atoms with Crippen LogP contribution >= 0.6 is 15.9 Å². The van der Waals surface area contributed by atoms with Crippen molar-refractivity contribution in [2.24, 2.45) is 11.8 Å². The van der Waals surface area contributed by atoms with Gasteiger partial charge in [-0.25, -0.2) is 0 Å². The van der Waals surface area contributed by atoms with Crippen LogP contribution in [0.4, 0.5) is 5.69 Å². The Morgan fingerprint density at radius 1 is 1.27 bits per heavy atom. The first kappa shape index (κ1) is 17.0. The number of rotatable bonds is 3. The number of piperidine rings is 1. The fraction of sp³-hybridized carbons (Fsp3) is 0.529. The van der Waals surface area contributed by atoms with Crippen LogP contribution in [0.2, 0.25) is 0 Å². The number of nitrogens with one attached hydrogen (secondary N) is 1. The highest BCUT2D eigenvalue weighted by molar-refractivity contribution is 9.10. The highest BCUT2D eigenvalue weighted by Crippen LogP contribution is 2.24. The number of hydrogen-bond acceptors (Lipinski definition) is 2. The summed E-state index contributed by atoms with van der Waals surface area (Å²) >= 11 is 3.42. The number of nitrogens with zero attached hydrogens (tertiary/aromatic N) is 1. The Balaban J connectivity index is 1.91. The molecule has 2 rings (SSSR count). The van der Waals surface area contributed by atoms with E-state index in [-0.39, 0.29) is 23.7 Å². The Hall–Kier alpha value is -1.36. The molecule has 120 valence electrons. The third-order valence-electron chi connectivity index (χ3n) is 4.12. The Morgan fingerprint density at radius 3 is 2.45 bits per heavy atom. The van der Waals surface area contributed by atoms with Crippen LogP contribution in [-0.4, -0.2) is 29.8 Å². The number of hydrogen-bond donors (Lipinski definition) is 1. The van der Waals surface area contributed by atoms with Crippen molar-refractivity contribution in [2.45, 2.75) is 33.6 Å². The van der Waals surface area contributed by atoms with Crippen molar-refractivity contribution >= 4 is 33.4 Å². The molecule has 1 aromatic rings. The van der Waals surface area contributed by atoms with Gasteiger partial charge in [0.2, 0.25) is 11.8 Å². The second-order valence-corrected chi connectivity index (χ2v) is 7.12. The molecule has 1 N–H and O–H groups in total. The van der Waals surface area contributed by atoms with Gasteiger partial charge in [0, 0.05) is 35.1 Å². The highest BCUT2D eigenvalue weighted by atomic mass is 79.9. The normalized spacial score (nSPS) is 16.0. The van der Waals surface area contributed by atoms with E-state index in [1.54, 1.807) is 0 Å². The zero-order valence-corrected chi connectivity index (χ0v) is 14.9. The van der Waals surface area contributed by atoms with E-state index in [4.69, 9.17) is 0 Å². The molecule has 1 aromatic carbocycles. The molecular formula is C17H23BrN2O2. The minimum atomic E-state index is -0.0146. The third-order valence-corrected chi connectivity index (χ3v) is 4.61. The van der Waals surface area contributed by atoms with Crippen LogP contribution in [-0.2, 0) is 9.59 Å². The molecule has 22 heavy (non-hydrogen) atoms. The maximum atomic E-state index is 12.4. The van der Waals surface area contributed by atoms with Gasteiger partial charge in [-0.2, -0.15) is 0 Å². The molecule has 0 unspecified atom stereocenters. The van der Waals surface area contributed by atoms with Crippen LogP contribution in [0.25, 0.3) is 0 Å². The smallest absolute Gasteiger partial charge is 0.227 e. The second kappa shape index (κ2) is 7.27. The van der Waals surface area contributed by atoms with Gasteiger partial charge in [0.25, 0.3) is 0 Å². The van der Waals surface area contributed by atoms with E-state index < -0.39 is 0 Å². The Kier molecular flexibility index (Phi) is 5.62. The van der Waals surface area contributed by atoms with Gasteiger partial charge >= 0.3 is 0 Å². The van der Waals surface area contributed by atoms with Crippen LogP contribution in [0.15, 0.2) is 22.7 Å². The first-order valence-electron chi connectivity index (χ1n) is 7.74. The van der Waals surface area contributed by atoms with Crippen molar-refractivity contribution in [2.75, 3.05) is 18.4 Å². The van der Waals surface area contributed by atoms with Gasteiger partial charge in [0.15, 0.2) is 0 Å². The monoisotopic (exact) mass is 366 g/mol. The molecule has 0 aliphatic carbocycles. The molecule has 5 heteroatoms. The molecule has 0 bridgehead atoms. The van der Waals surface area contributed by atoms with Crippen LogP contribution in [0, 0.1) is 18.8 Å². The lowest BCUT2D eigenvalue weighted by Gasteiger charge is -2.32. The van der Waals surface area contributed by atoms with Crippen LogP contribution in [0.1, 0.15) is 32.3 Å². The van der Waals surface area contributed by atoms with Crippen molar-refractivity contribution in [1.29, 1.82) is 0 Å². The summed E-state index contributed by atoms with van der Waals surface area (Å²) in [5.74, 6) is 0.250. The summed E-state index contributed by atoms with van der Waals surface area (Å²) in [5, 5.41) is 3.01. The fourth-order valence-electron chi connectivity index (χ4n) is 2.73. The van der Waals surface area contributed by atoms with Crippen LogP contribution < -0.4 is 5.32 Å². The molecule has 0 radical (unpaired) electrons. The Morgan fingerprint density at radius 2 is 1.91 bits per heavy atom. The zero-order valence-electron chi connectivity index (χ0n) is 13.4. The van der Waals surface area contributed by atoms with Crippen molar-refractivity contribution in [3.63, 3.8) is 0 Å². The number of halogens is 1. The zero-order chi connectivity index (χ0) is 16.3. The number of benzene rings is 1. The topological polar surface area (TPSA) is 49.4 Å². The van der Waals surface area contributed by atoms with E-state index in [9.17, 15) is 9.59 Å². The minimum absolute atomic E-state index is 0.0146. The van der Waals surface area contributed by atoms with Gasteiger partial charge in [-0.05, 0) is 43.5 Å². The van der Waals surface area contributed by atoms with E-state index in [1.807, 2.05) is 43.9 Å².